The van der Waals surface area contributed by atoms with Gasteiger partial charge >= 0.3 is 5.69 Å². The van der Waals surface area contributed by atoms with Crippen LogP contribution in [0, 0.1) is 10.1 Å². The van der Waals surface area contributed by atoms with E-state index in [9.17, 15) is 10.1 Å². The number of hydrogen-bond donors (Lipinski definition) is 1. The Balaban J connectivity index is 2.18. The van der Waals surface area contributed by atoms with Crippen LogP contribution in [0.25, 0.3) is 0 Å². The molecular weight excluding hydrogens is 312 g/mol. The third-order valence-electron chi connectivity index (χ3n) is 2.56. The maximum atomic E-state index is 11.0. The molecule has 8 heteroatoms. The largest absolute Gasteiger partial charge is 0.354 e. The molecule has 6 nitrogen and oxygen atoms in total. The zero-order chi connectivity index (χ0) is 15.2. The third-order valence-corrected chi connectivity index (χ3v) is 3.86. The maximum absolute atomic E-state index is 11.0. The molecule has 0 bridgehead atoms. The lowest BCUT2D eigenvalue weighted by Crippen LogP contribution is -2.04. The highest BCUT2D eigenvalue weighted by molar-refractivity contribution is 7.98. The molecule has 1 aromatic heterocycles. The van der Waals surface area contributed by atoms with Crippen LogP contribution in [0.3, 0.4) is 0 Å². The van der Waals surface area contributed by atoms with Crippen LogP contribution >= 0.6 is 23.4 Å². The standard InChI is InChI=1S/C13H13ClN4O2S/c1-2-15-13-16-7-11(18(19)20)12(17-13)21-8-9-3-5-10(14)6-4-9/h3-7H,2,8H2,1H3,(H,15,16,17). The molecule has 1 N–H and O–H groups in total. The number of nitrogens with zero attached hydrogens (tertiary/aromatic N) is 3. The molecule has 0 aliphatic rings. The zero-order valence-corrected chi connectivity index (χ0v) is 12.8. The first kappa shape index (κ1) is 15.5. The molecule has 0 saturated heterocycles. The Morgan fingerprint density at radius 2 is 2.10 bits per heavy atom. The fraction of sp³-hybridized carbons (Fsp3) is 0.231. The van der Waals surface area contributed by atoms with Gasteiger partial charge in [-0.1, -0.05) is 35.5 Å². The molecule has 21 heavy (non-hydrogen) atoms. The summed E-state index contributed by atoms with van der Waals surface area (Å²) in [6.45, 7) is 2.56. The summed E-state index contributed by atoms with van der Waals surface area (Å²) in [5, 5.41) is 15.0. The number of benzene rings is 1. The van der Waals surface area contributed by atoms with Crippen LogP contribution in [0.15, 0.2) is 35.5 Å². The molecule has 0 atom stereocenters. The van der Waals surface area contributed by atoms with Crippen molar-refractivity contribution < 1.29 is 4.92 Å². The maximum Gasteiger partial charge on any atom is 0.319 e. The number of nitrogens with one attached hydrogen (secondary N) is 1. The Hall–Kier alpha value is -1.86. The molecule has 2 rings (SSSR count). The molecule has 110 valence electrons. The van der Waals surface area contributed by atoms with Crippen LogP contribution in [0.1, 0.15) is 12.5 Å². The molecule has 1 heterocycles. The van der Waals surface area contributed by atoms with Crippen molar-refractivity contribution in [2.45, 2.75) is 17.7 Å². The number of aromatic nitrogens is 2. The summed E-state index contributed by atoms with van der Waals surface area (Å²) in [6.07, 6.45) is 1.23. The van der Waals surface area contributed by atoms with Crippen molar-refractivity contribution in [3.63, 3.8) is 0 Å². The highest BCUT2D eigenvalue weighted by atomic mass is 35.5. The Labute approximate surface area is 131 Å². The van der Waals surface area contributed by atoms with Crippen molar-refractivity contribution in [1.29, 1.82) is 0 Å². The Kier molecular flexibility index (Phi) is 5.35. The number of halogens is 1. The van der Waals surface area contributed by atoms with Crippen LogP contribution in [0.2, 0.25) is 5.02 Å². The van der Waals surface area contributed by atoms with Crippen LogP contribution < -0.4 is 5.32 Å². The van der Waals surface area contributed by atoms with Gasteiger partial charge in [-0.05, 0) is 24.6 Å². The minimum atomic E-state index is -0.472. The summed E-state index contributed by atoms with van der Waals surface area (Å²) in [4.78, 5) is 18.7. The fourth-order valence-corrected chi connectivity index (χ4v) is 2.61. The van der Waals surface area contributed by atoms with Gasteiger partial charge in [0.15, 0.2) is 5.03 Å². The van der Waals surface area contributed by atoms with Crippen LogP contribution in [0.4, 0.5) is 11.6 Å². The van der Waals surface area contributed by atoms with Crippen molar-refractivity contribution in [2.24, 2.45) is 0 Å². The fourth-order valence-electron chi connectivity index (χ4n) is 1.57. The van der Waals surface area contributed by atoms with E-state index in [1.54, 1.807) is 12.1 Å². The molecule has 0 radical (unpaired) electrons. The molecule has 0 aliphatic heterocycles. The van der Waals surface area contributed by atoms with Crippen LogP contribution in [-0.2, 0) is 5.75 Å². The van der Waals surface area contributed by atoms with Gasteiger partial charge in [-0.25, -0.2) is 4.98 Å². The highest BCUT2D eigenvalue weighted by Crippen LogP contribution is 2.30. The van der Waals surface area contributed by atoms with Crippen molar-refractivity contribution >= 4 is 35.0 Å². The minimum absolute atomic E-state index is 0.0874. The summed E-state index contributed by atoms with van der Waals surface area (Å²) in [5.41, 5.74) is 0.929. The Morgan fingerprint density at radius 1 is 1.38 bits per heavy atom. The highest BCUT2D eigenvalue weighted by Gasteiger charge is 2.17. The zero-order valence-electron chi connectivity index (χ0n) is 11.2. The second-order valence-electron chi connectivity index (χ2n) is 4.09. The molecule has 1 aromatic carbocycles. The van der Waals surface area contributed by atoms with E-state index in [-0.39, 0.29) is 5.69 Å². The number of nitro groups is 1. The van der Waals surface area contributed by atoms with Gasteiger partial charge in [0.1, 0.15) is 6.20 Å². The van der Waals surface area contributed by atoms with Gasteiger partial charge in [0.25, 0.3) is 0 Å². The van der Waals surface area contributed by atoms with Crippen molar-refractivity contribution in [1.82, 2.24) is 9.97 Å². The normalized spacial score (nSPS) is 10.4. The van der Waals surface area contributed by atoms with Gasteiger partial charge in [0.2, 0.25) is 5.95 Å². The molecule has 0 saturated carbocycles. The van der Waals surface area contributed by atoms with E-state index in [0.29, 0.717) is 28.3 Å². The van der Waals surface area contributed by atoms with Gasteiger partial charge in [-0.2, -0.15) is 4.98 Å². The molecule has 0 spiro atoms. The predicted molar refractivity (Wildman–Crippen MR) is 83.9 cm³/mol. The van der Waals surface area contributed by atoms with E-state index in [1.807, 2.05) is 19.1 Å². The first-order valence-electron chi connectivity index (χ1n) is 6.22. The summed E-state index contributed by atoms with van der Waals surface area (Å²) in [6, 6.07) is 7.34. The monoisotopic (exact) mass is 324 g/mol. The van der Waals surface area contributed by atoms with Gasteiger partial charge in [0.05, 0.1) is 4.92 Å². The van der Waals surface area contributed by atoms with Crippen LogP contribution in [0.5, 0.6) is 0 Å². The SMILES string of the molecule is CCNc1ncc([N+](=O)[O-])c(SCc2ccc(Cl)cc2)n1. The summed E-state index contributed by atoms with van der Waals surface area (Å²) < 4.78 is 0. The van der Waals surface area contributed by atoms with Crippen molar-refractivity contribution in [3.8, 4) is 0 Å². The van der Waals surface area contributed by atoms with E-state index in [0.717, 1.165) is 5.56 Å². The average Bonchev–Trinajstić information content (AvgIpc) is 2.47. The van der Waals surface area contributed by atoms with Gasteiger partial charge in [-0.3, -0.25) is 10.1 Å². The van der Waals surface area contributed by atoms with E-state index >= 15 is 0 Å². The lowest BCUT2D eigenvalue weighted by molar-refractivity contribution is -0.388. The molecule has 2 aromatic rings. The number of rotatable bonds is 6. The van der Waals surface area contributed by atoms with E-state index in [1.165, 1.54) is 18.0 Å². The predicted octanol–water partition coefficient (Wildman–Crippen LogP) is 3.76. The lowest BCUT2D eigenvalue weighted by Gasteiger charge is -2.05. The number of hydrogen-bond acceptors (Lipinski definition) is 6. The first-order valence-corrected chi connectivity index (χ1v) is 7.59. The van der Waals surface area contributed by atoms with E-state index in [2.05, 4.69) is 15.3 Å². The van der Waals surface area contributed by atoms with Gasteiger partial charge in [0, 0.05) is 17.3 Å². The Morgan fingerprint density at radius 3 is 2.71 bits per heavy atom. The molecule has 0 amide bonds. The average molecular weight is 325 g/mol. The molecule has 0 aliphatic carbocycles. The van der Waals surface area contributed by atoms with E-state index < -0.39 is 4.92 Å². The van der Waals surface area contributed by atoms with Crippen molar-refractivity contribution in [2.75, 3.05) is 11.9 Å². The van der Waals surface area contributed by atoms with Gasteiger partial charge < -0.3 is 5.32 Å². The minimum Gasteiger partial charge on any atom is -0.354 e. The molecule has 0 fully saturated rings. The second kappa shape index (κ2) is 7.24. The second-order valence-corrected chi connectivity index (χ2v) is 5.49. The summed E-state index contributed by atoms with van der Waals surface area (Å²) in [7, 11) is 0. The first-order chi connectivity index (χ1) is 10.1. The summed E-state index contributed by atoms with van der Waals surface area (Å²) >= 11 is 7.12. The number of anilines is 1. The smallest absolute Gasteiger partial charge is 0.319 e. The van der Waals surface area contributed by atoms with Gasteiger partial charge in [-0.15, -0.1) is 0 Å². The Bertz CT molecular complexity index is 637. The molecule has 0 unspecified atom stereocenters. The quantitative estimate of drug-likeness (QED) is 0.377. The molecular formula is C13H13ClN4O2S. The van der Waals surface area contributed by atoms with E-state index in [4.69, 9.17) is 11.6 Å². The van der Waals surface area contributed by atoms with Crippen LogP contribution in [-0.4, -0.2) is 21.4 Å². The number of thioether (sulfide) groups is 1. The topological polar surface area (TPSA) is 81.0 Å². The lowest BCUT2D eigenvalue weighted by atomic mass is 10.2. The summed E-state index contributed by atoms with van der Waals surface area (Å²) in [5.74, 6) is 0.960. The van der Waals surface area contributed by atoms with Crippen molar-refractivity contribution in [3.05, 3.63) is 51.2 Å². The third kappa shape index (κ3) is 4.30.